The van der Waals surface area contributed by atoms with E-state index in [1.807, 2.05) is 0 Å². The molecule has 3 rings (SSSR count). The molecule has 6 N–H and O–H groups in total. The van der Waals surface area contributed by atoms with Crippen LogP contribution in [0.25, 0.3) is 0 Å². The van der Waals surface area contributed by atoms with E-state index in [4.69, 9.17) is 15.2 Å². The first-order chi connectivity index (χ1) is 16.3. The Kier molecular flexibility index (Phi) is 9.89. The highest BCUT2D eigenvalue weighted by molar-refractivity contribution is 5.92. The average Bonchev–Trinajstić information content (AvgIpc) is 2.84. The van der Waals surface area contributed by atoms with E-state index >= 15 is 0 Å². The number of methoxy groups -OCH3 is 2. The number of nitrogens with zero attached hydrogens (tertiary/aromatic N) is 1. The summed E-state index contributed by atoms with van der Waals surface area (Å²) in [4.78, 5) is 33.4. The maximum absolute atomic E-state index is 11.5. The second-order valence-electron chi connectivity index (χ2n) is 6.64. The lowest BCUT2D eigenvalue weighted by molar-refractivity contribution is 0.120. The highest BCUT2D eigenvalue weighted by atomic mass is 16.7. The second kappa shape index (κ2) is 12.8. The third-order valence-electron chi connectivity index (χ3n) is 4.47. The zero-order valence-corrected chi connectivity index (χ0v) is 19.3. The van der Waals surface area contributed by atoms with Gasteiger partial charge in [0.1, 0.15) is 11.5 Å². The maximum atomic E-state index is 11.5. The number of amides is 2. The molecule has 13 heteroatoms. The third-order valence-corrected chi connectivity index (χ3v) is 4.47. The zero-order valence-electron chi connectivity index (χ0n) is 19.3. The van der Waals surface area contributed by atoms with Crippen LogP contribution in [0, 0.1) is 0 Å². The average molecular weight is 476 g/mol. The number of hydrazine groups is 2. The van der Waals surface area contributed by atoms with Crippen molar-refractivity contribution in [3.63, 3.8) is 0 Å². The van der Waals surface area contributed by atoms with Crippen molar-refractivity contribution in [1.29, 1.82) is 0 Å². The van der Waals surface area contributed by atoms with E-state index in [9.17, 15) is 14.4 Å². The van der Waals surface area contributed by atoms with Gasteiger partial charge in [-0.2, -0.15) is 0 Å². The molecule has 2 amide bonds. The predicted octanol–water partition coefficient (Wildman–Crippen LogP) is 1.95. The van der Waals surface area contributed by atoms with Gasteiger partial charge in [-0.1, -0.05) is 0 Å². The molecule has 0 atom stereocenters. The third kappa shape index (κ3) is 7.51. The molecule has 184 valence electrons. The Morgan fingerprint density at radius 2 is 1.65 bits per heavy atom. The van der Waals surface area contributed by atoms with Crippen LogP contribution >= 0.6 is 0 Å². The molecular weight excluding hydrogens is 448 g/mol. The summed E-state index contributed by atoms with van der Waals surface area (Å²) in [5.74, 6) is 0.766. The number of carbonyl (C=O) groups is 3. The molecule has 0 spiro atoms. The summed E-state index contributed by atoms with van der Waals surface area (Å²) in [7, 11) is 5.90. The number of urea groups is 1. The van der Waals surface area contributed by atoms with E-state index in [0.717, 1.165) is 11.1 Å². The Morgan fingerprint density at radius 1 is 1.03 bits per heavy atom. The van der Waals surface area contributed by atoms with Crippen LogP contribution in [-0.2, 0) is 22.6 Å². The van der Waals surface area contributed by atoms with Crippen LogP contribution in [0.2, 0.25) is 0 Å². The van der Waals surface area contributed by atoms with E-state index in [-0.39, 0.29) is 6.03 Å². The lowest BCUT2D eigenvalue weighted by Gasteiger charge is -2.28. The van der Waals surface area contributed by atoms with Crippen molar-refractivity contribution in [2.45, 2.75) is 13.1 Å². The SMILES string of the molecule is CNN1Cc2cc(OC(=O)OC)ccc2NC1=O.CNNCc1cc(OC(=O)OC)ccc1N. The molecule has 1 aliphatic rings. The van der Waals surface area contributed by atoms with E-state index < -0.39 is 12.3 Å². The van der Waals surface area contributed by atoms with E-state index in [2.05, 4.69) is 31.1 Å². The Labute approximate surface area is 196 Å². The number of nitrogens with two attached hydrogens (primary N) is 1. The van der Waals surface area contributed by atoms with Gasteiger partial charge in [-0.05, 0) is 49.0 Å². The van der Waals surface area contributed by atoms with Gasteiger partial charge in [-0.15, -0.1) is 0 Å². The number of nitrogens with one attached hydrogen (secondary N) is 4. The van der Waals surface area contributed by atoms with Crippen LogP contribution < -0.4 is 36.8 Å². The Bertz CT molecular complexity index is 1020. The number of rotatable bonds is 6. The predicted molar refractivity (Wildman–Crippen MR) is 123 cm³/mol. The van der Waals surface area contributed by atoms with Gasteiger partial charge in [-0.3, -0.25) is 15.9 Å². The molecule has 0 saturated heterocycles. The van der Waals surface area contributed by atoms with Gasteiger partial charge in [-0.25, -0.2) is 19.8 Å². The number of hydrogen-bond donors (Lipinski definition) is 5. The minimum absolute atomic E-state index is 0.230. The normalized spacial score (nSPS) is 11.9. The number of anilines is 2. The molecule has 0 aromatic heterocycles. The number of hydrogen-bond acceptors (Lipinski definition) is 11. The zero-order chi connectivity index (χ0) is 25.1. The number of nitrogen functional groups attached to an aromatic ring is 1. The quantitative estimate of drug-likeness (QED) is 0.179. The molecule has 1 aliphatic heterocycles. The lowest BCUT2D eigenvalue weighted by Crippen LogP contribution is -2.45. The van der Waals surface area contributed by atoms with Crippen molar-refractivity contribution >= 4 is 29.7 Å². The fourth-order valence-corrected chi connectivity index (χ4v) is 2.75. The van der Waals surface area contributed by atoms with Gasteiger partial charge < -0.3 is 30.0 Å². The van der Waals surface area contributed by atoms with Crippen molar-refractivity contribution in [3.8, 4) is 11.5 Å². The summed E-state index contributed by atoms with van der Waals surface area (Å²) in [5.41, 5.74) is 17.2. The first kappa shape index (κ1) is 26.2. The highest BCUT2D eigenvalue weighted by Gasteiger charge is 2.22. The monoisotopic (exact) mass is 476 g/mol. The fourth-order valence-electron chi connectivity index (χ4n) is 2.75. The molecule has 0 radical (unpaired) electrons. The standard InChI is InChI=1S/C11H13N3O4.C10H15N3O3/c1-12-14-6-7-5-8(18-11(16)17-2)3-4-9(7)13-10(14)15;1-12-13-6-7-5-8(3-4-9(7)11)16-10(14)15-2/h3-5,12H,6H2,1-2H3,(H,13,15);3-5,12-13H,6,11H2,1-2H3. The highest BCUT2D eigenvalue weighted by Crippen LogP contribution is 2.27. The number of ether oxygens (including phenoxy) is 4. The van der Waals surface area contributed by atoms with Crippen molar-refractivity contribution < 1.29 is 33.3 Å². The van der Waals surface area contributed by atoms with Crippen LogP contribution in [-0.4, -0.2) is 51.7 Å². The lowest BCUT2D eigenvalue weighted by atomic mass is 10.1. The van der Waals surface area contributed by atoms with Gasteiger partial charge in [0.05, 0.1) is 20.8 Å². The molecule has 0 saturated carbocycles. The first-order valence-corrected chi connectivity index (χ1v) is 9.99. The molecule has 2 aromatic rings. The topological polar surface area (TPSA) is 166 Å². The van der Waals surface area contributed by atoms with Gasteiger partial charge in [0.25, 0.3) is 0 Å². The van der Waals surface area contributed by atoms with E-state index in [1.165, 1.54) is 19.2 Å². The van der Waals surface area contributed by atoms with Crippen LogP contribution in [0.1, 0.15) is 11.1 Å². The summed E-state index contributed by atoms with van der Waals surface area (Å²) in [6, 6.07) is 9.67. The molecule has 0 bridgehead atoms. The molecule has 2 aromatic carbocycles. The van der Waals surface area contributed by atoms with E-state index in [1.54, 1.807) is 50.5 Å². The van der Waals surface area contributed by atoms with Crippen molar-refractivity contribution in [2.24, 2.45) is 0 Å². The molecule has 34 heavy (non-hydrogen) atoms. The Balaban J connectivity index is 0.000000242. The van der Waals surface area contributed by atoms with Gasteiger partial charge in [0, 0.05) is 30.5 Å². The molecule has 0 unspecified atom stereocenters. The molecule has 0 aliphatic carbocycles. The van der Waals surface area contributed by atoms with Crippen molar-refractivity contribution in [2.75, 3.05) is 39.4 Å². The first-order valence-electron chi connectivity index (χ1n) is 9.99. The minimum atomic E-state index is -0.778. The molecule has 1 heterocycles. The van der Waals surface area contributed by atoms with Gasteiger partial charge in [0.2, 0.25) is 0 Å². The van der Waals surface area contributed by atoms with Crippen molar-refractivity contribution in [1.82, 2.24) is 21.3 Å². The summed E-state index contributed by atoms with van der Waals surface area (Å²) < 4.78 is 18.6. The van der Waals surface area contributed by atoms with Crippen LogP contribution in [0.4, 0.5) is 25.8 Å². The van der Waals surface area contributed by atoms with Crippen molar-refractivity contribution in [3.05, 3.63) is 47.5 Å². The van der Waals surface area contributed by atoms with Crippen LogP contribution in [0.3, 0.4) is 0 Å². The van der Waals surface area contributed by atoms with E-state index in [0.29, 0.717) is 36.0 Å². The van der Waals surface area contributed by atoms with Gasteiger partial charge in [0.15, 0.2) is 0 Å². The summed E-state index contributed by atoms with van der Waals surface area (Å²) in [6.45, 7) is 0.913. The largest absolute Gasteiger partial charge is 0.513 e. The Morgan fingerprint density at radius 3 is 2.24 bits per heavy atom. The second-order valence-corrected chi connectivity index (χ2v) is 6.64. The van der Waals surface area contributed by atoms with Crippen LogP contribution in [0.5, 0.6) is 11.5 Å². The summed E-state index contributed by atoms with van der Waals surface area (Å²) >= 11 is 0. The van der Waals surface area contributed by atoms with Crippen LogP contribution in [0.15, 0.2) is 36.4 Å². The maximum Gasteiger partial charge on any atom is 0.513 e. The number of fused-ring (bicyclic) bond motifs is 1. The minimum Gasteiger partial charge on any atom is -0.437 e. The summed E-state index contributed by atoms with van der Waals surface area (Å²) in [5, 5.41) is 4.12. The molecular formula is C21H28N6O7. The molecule has 0 fully saturated rings. The number of benzene rings is 2. The van der Waals surface area contributed by atoms with Gasteiger partial charge >= 0.3 is 18.3 Å². The summed E-state index contributed by atoms with van der Waals surface area (Å²) in [6.07, 6.45) is -1.53. The number of carbonyl (C=O) groups excluding carboxylic acids is 3. The smallest absolute Gasteiger partial charge is 0.437 e. The fraction of sp³-hybridized carbons (Fsp3) is 0.286. The molecule has 13 nitrogen and oxygen atoms in total. The Hall–Kier alpha value is -4.07.